The minimum absolute atomic E-state index is 0.0905. The van der Waals surface area contributed by atoms with Crippen LogP contribution < -0.4 is 20.1 Å². The van der Waals surface area contributed by atoms with E-state index in [1.54, 1.807) is 31.4 Å². The summed E-state index contributed by atoms with van der Waals surface area (Å²) in [5.41, 5.74) is 1.69. The molecule has 0 aromatic heterocycles. The molecule has 1 fully saturated rings. The van der Waals surface area contributed by atoms with Crippen molar-refractivity contribution < 1.29 is 19.1 Å². The van der Waals surface area contributed by atoms with Crippen LogP contribution in [0.4, 0.5) is 0 Å². The van der Waals surface area contributed by atoms with Crippen LogP contribution in [0.2, 0.25) is 0 Å². The van der Waals surface area contributed by atoms with Crippen LogP contribution >= 0.6 is 0 Å². The van der Waals surface area contributed by atoms with Gasteiger partial charge in [-0.3, -0.25) is 9.59 Å². The normalized spacial score (nSPS) is 13.3. The number of hydrogen-bond acceptors (Lipinski definition) is 4. The number of benzene rings is 1. The van der Waals surface area contributed by atoms with Crippen molar-refractivity contribution in [2.75, 3.05) is 27.3 Å². The number of allylic oxidation sites excluding steroid dienone is 1. The van der Waals surface area contributed by atoms with Crippen LogP contribution in [0.25, 0.3) is 0 Å². The Hall–Kier alpha value is -2.50. The fourth-order valence-corrected chi connectivity index (χ4v) is 2.65. The lowest BCUT2D eigenvalue weighted by Gasteiger charge is -2.10. The number of hydrogen-bond donors (Lipinski definition) is 2. The molecule has 1 aromatic carbocycles. The van der Waals surface area contributed by atoms with Crippen molar-refractivity contribution in [3.8, 4) is 11.5 Å². The zero-order valence-electron chi connectivity index (χ0n) is 14.2. The van der Waals surface area contributed by atoms with Gasteiger partial charge in [0.1, 0.15) is 0 Å². The number of carbonyl (C=O) groups excluding carboxylic acids is 2. The molecule has 1 aromatic rings. The van der Waals surface area contributed by atoms with E-state index in [4.69, 9.17) is 9.47 Å². The van der Waals surface area contributed by atoms with Gasteiger partial charge in [-0.2, -0.15) is 0 Å². The summed E-state index contributed by atoms with van der Waals surface area (Å²) in [6.07, 6.45) is 6.05. The van der Waals surface area contributed by atoms with Crippen molar-refractivity contribution in [3.63, 3.8) is 0 Å². The van der Waals surface area contributed by atoms with Gasteiger partial charge in [0.2, 0.25) is 5.91 Å². The van der Waals surface area contributed by atoms with Crippen LogP contribution in [-0.4, -0.2) is 39.1 Å². The van der Waals surface area contributed by atoms with Gasteiger partial charge in [-0.1, -0.05) is 5.57 Å². The average molecular weight is 332 g/mol. The Morgan fingerprint density at radius 2 is 1.71 bits per heavy atom. The summed E-state index contributed by atoms with van der Waals surface area (Å²) in [4.78, 5) is 23.8. The number of ether oxygens (including phenoxy) is 2. The lowest BCUT2D eigenvalue weighted by Crippen LogP contribution is -2.34. The molecule has 6 heteroatoms. The van der Waals surface area contributed by atoms with Crippen LogP contribution in [0.1, 0.15) is 36.0 Å². The largest absolute Gasteiger partial charge is 0.493 e. The Morgan fingerprint density at radius 3 is 2.38 bits per heavy atom. The zero-order chi connectivity index (χ0) is 17.4. The van der Waals surface area contributed by atoms with E-state index in [9.17, 15) is 9.59 Å². The Kier molecular flexibility index (Phi) is 6.66. The first-order valence-electron chi connectivity index (χ1n) is 8.11. The second-order valence-corrected chi connectivity index (χ2v) is 5.63. The van der Waals surface area contributed by atoms with Crippen molar-refractivity contribution in [2.24, 2.45) is 0 Å². The summed E-state index contributed by atoms with van der Waals surface area (Å²) in [5, 5.41) is 5.55. The van der Waals surface area contributed by atoms with Gasteiger partial charge in [-0.15, -0.1) is 0 Å². The topological polar surface area (TPSA) is 76.7 Å². The Labute approximate surface area is 142 Å². The molecule has 6 nitrogen and oxygen atoms in total. The van der Waals surface area contributed by atoms with E-state index >= 15 is 0 Å². The highest BCUT2D eigenvalue weighted by Crippen LogP contribution is 2.27. The Bertz CT molecular complexity index is 617. The van der Waals surface area contributed by atoms with E-state index in [0.29, 0.717) is 30.2 Å². The minimum Gasteiger partial charge on any atom is -0.493 e. The molecule has 0 heterocycles. The quantitative estimate of drug-likeness (QED) is 0.592. The summed E-state index contributed by atoms with van der Waals surface area (Å²) in [6, 6.07) is 4.97. The van der Waals surface area contributed by atoms with Crippen LogP contribution in [-0.2, 0) is 4.79 Å². The van der Waals surface area contributed by atoms with Gasteiger partial charge in [-0.25, -0.2) is 0 Å². The smallest absolute Gasteiger partial charge is 0.251 e. The van der Waals surface area contributed by atoms with E-state index in [-0.39, 0.29) is 11.8 Å². The third-order valence-corrected chi connectivity index (χ3v) is 3.94. The monoisotopic (exact) mass is 332 g/mol. The molecule has 0 spiro atoms. The molecule has 0 saturated heterocycles. The van der Waals surface area contributed by atoms with E-state index in [1.807, 2.05) is 0 Å². The fourth-order valence-electron chi connectivity index (χ4n) is 2.65. The van der Waals surface area contributed by atoms with Gasteiger partial charge < -0.3 is 20.1 Å². The summed E-state index contributed by atoms with van der Waals surface area (Å²) in [6.45, 7) is 0.754. The van der Waals surface area contributed by atoms with Gasteiger partial charge in [0.25, 0.3) is 5.91 Å². The molecule has 1 aliphatic rings. The van der Waals surface area contributed by atoms with E-state index in [2.05, 4.69) is 10.6 Å². The summed E-state index contributed by atoms with van der Waals surface area (Å²) in [5.74, 6) is 0.759. The Morgan fingerprint density at radius 1 is 1.04 bits per heavy atom. The first-order chi connectivity index (χ1) is 11.6. The maximum Gasteiger partial charge on any atom is 0.251 e. The third-order valence-electron chi connectivity index (χ3n) is 3.94. The van der Waals surface area contributed by atoms with E-state index in [0.717, 1.165) is 12.8 Å². The summed E-state index contributed by atoms with van der Waals surface area (Å²) < 4.78 is 10.3. The summed E-state index contributed by atoms with van der Waals surface area (Å²) in [7, 11) is 3.06. The maximum atomic E-state index is 12.1. The number of carbonyl (C=O) groups is 2. The van der Waals surface area contributed by atoms with Gasteiger partial charge in [0, 0.05) is 24.7 Å². The van der Waals surface area contributed by atoms with Crippen molar-refractivity contribution in [1.29, 1.82) is 0 Å². The van der Waals surface area contributed by atoms with E-state index in [1.165, 1.54) is 25.5 Å². The average Bonchev–Trinajstić information content (AvgIpc) is 3.10. The highest BCUT2D eigenvalue weighted by atomic mass is 16.5. The molecule has 0 bridgehead atoms. The number of rotatable bonds is 7. The van der Waals surface area contributed by atoms with Crippen molar-refractivity contribution in [3.05, 3.63) is 35.4 Å². The molecular weight excluding hydrogens is 308 g/mol. The minimum atomic E-state index is -0.223. The molecule has 2 N–H and O–H groups in total. The molecule has 2 amide bonds. The zero-order valence-corrected chi connectivity index (χ0v) is 14.2. The number of amides is 2. The molecule has 130 valence electrons. The lowest BCUT2D eigenvalue weighted by molar-refractivity contribution is -0.116. The standard InChI is InChI=1S/C18H24N2O4/c1-23-15-8-7-14(12-16(15)24-2)18(22)20-10-9-19-17(21)11-13-5-3-4-6-13/h7-8,11-12H,3-6,9-10H2,1-2H3,(H,19,21)(H,20,22). The molecule has 1 saturated carbocycles. The predicted octanol–water partition coefficient (Wildman–Crippen LogP) is 2.05. The molecule has 1 aliphatic carbocycles. The van der Waals surface area contributed by atoms with Gasteiger partial charge in [0.15, 0.2) is 11.5 Å². The molecular formula is C18H24N2O4. The molecule has 0 atom stereocenters. The first kappa shape index (κ1) is 17.8. The number of methoxy groups -OCH3 is 2. The summed E-state index contributed by atoms with van der Waals surface area (Å²) >= 11 is 0. The maximum absolute atomic E-state index is 12.1. The van der Waals surface area contributed by atoms with Gasteiger partial charge >= 0.3 is 0 Å². The molecule has 24 heavy (non-hydrogen) atoms. The lowest BCUT2D eigenvalue weighted by atomic mass is 10.2. The van der Waals surface area contributed by atoms with Crippen molar-refractivity contribution in [1.82, 2.24) is 10.6 Å². The van der Waals surface area contributed by atoms with Crippen LogP contribution in [0, 0.1) is 0 Å². The second-order valence-electron chi connectivity index (χ2n) is 5.63. The van der Waals surface area contributed by atoms with E-state index < -0.39 is 0 Å². The van der Waals surface area contributed by atoms with Gasteiger partial charge in [0.05, 0.1) is 14.2 Å². The fraction of sp³-hybridized carbons (Fsp3) is 0.444. The predicted molar refractivity (Wildman–Crippen MR) is 91.4 cm³/mol. The second kappa shape index (κ2) is 8.96. The SMILES string of the molecule is COc1ccc(C(=O)NCCNC(=O)C=C2CCCC2)cc1OC. The van der Waals surface area contributed by atoms with Crippen LogP contribution in [0.15, 0.2) is 29.8 Å². The number of nitrogens with one attached hydrogen (secondary N) is 2. The molecule has 0 unspecified atom stereocenters. The van der Waals surface area contributed by atoms with Crippen LogP contribution in [0.5, 0.6) is 11.5 Å². The third kappa shape index (κ3) is 5.01. The Balaban J connectivity index is 1.77. The van der Waals surface area contributed by atoms with Crippen molar-refractivity contribution >= 4 is 11.8 Å². The highest BCUT2D eigenvalue weighted by molar-refractivity contribution is 5.95. The van der Waals surface area contributed by atoms with Crippen molar-refractivity contribution in [2.45, 2.75) is 25.7 Å². The van der Waals surface area contributed by atoms with Crippen LogP contribution in [0.3, 0.4) is 0 Å². The highest BCUT2D eigenvalue weighted by Gasteiger charge is 2.11. The first-order valence-corrected chi connectivity index (χ1v) is 8.11. The van der Waals surface area contributed by atoms with Gasteiger partial charge in [-0.05, 0) is 43.9 Å². The molecule has 0 radical (unpaired) electrons. The molecule has 2 rings (SSSR count). The molecule has 0 aliphatic heterocycles.